The molecule has 1 amide bonds. The van der Waals surface area contributed by atoms with Crippen LogP contribution in [-0.4, -0.2) is 36.3 Å². The summed E-state index contributed by atoms with van der Waals surface area (Å²) in [5.41, 5.74) is 1.94. The van der Waals surface area contributed by atoms with Gasteiger partial charge in [-0.3, -0.25) is 9.59 Å². The minimum absolute atomic E-state index is 0.0992. The van der Waals surface area contributed by atoms with Crippen molar-refractivity contribution >= 4 is 17.6 Å². The number of methoxy groups -OCH3 is 1. The SMILES string of the molecule is COC(=O)CCC(=O)N1CCC(c2ccccc2)=N1. The van der Waals surface area contributed by atoms with Gasteiger partial charge in [0.2, 0.25) is 5.91 Å². The maximum absolute atomic E-state index is 11.9. The van der Waals surface area contributed by atoms with Gasteiger partial charge in [0, 0.05) is 12.8 Å². The maximum atomic E-state index is 11.9. The van der Waals surface area contributed by atoms with Gasteiger partial charge < -0.3 is 4.74 Å². The minimum Gasteiger partial charge on any atom is -0.469 e. The van der Waals surface area contributed by atoms with Gasteiger partial charge in [-0.05, 0) is 5.56 Å². The van der Waals surface area contributed by atoms with Crippen LogP contribution in [-0.2, 0) is 14.3 Å². The maximum Gasteiger partial charge on any atom is 0.306 e. The second-order valence-corrected chi connectivity index (χ2v) is 4.26. The number of benzene rings is 1. The highest BCUT2D eigenvalue weighted by molar-refractivity contribution is 6.02. The summed E-state index contributed by atoms with van der Waals surface area (Å²) < 4.78 is 4.51. The number of amides is 1. The number of rotatable bonds is 4. The van der Waals surface area contributed by atoms with Crippen molar-refractivity contribution < 1.29 is 14.3 Å². The van der Waals surface area contributed by atoms with E-state index in [2.05, 4.69) is 9.84 Å². The standard InChI is InChI=1S/C14H16N2O3/c1-19-14(18)8-7-13(17)16-10-9-12(15-16)11-5-3-2-4-6-11/h2-6H,7-10H2,1H3. The molecule has 100 valence electrons. The molecule has 0 saturated heterocycles. The highest BCUT2D eigenvalue weighted by Gasteiger charge is 2.21. The molecule has 0 N–H and O–H groups in total. The zero-order valence-electron chi connectivity index (χ0n) is 10.8. The molecule has 0 aliphatic carbocycles. The first kappa shape index (κ1) is 13.3. The Bertz CT molecular complexity index is 497. The first-order valence-electron chi connectivity index (χ1n) is 6.21. The molecule has 1 aliphatic rings. The molecule has 19 heavy (non-hydrogen) atoms. The fraction of sp³-hybridized carbons (Fsp3) is 0.357. The largest absolute Gasteiger partial charge is 0.469 e. The Morgan fingerprint density at radius 3 is 2.68 bits per heavy atom. The monoisotopic (exact) mass is 260 g/mol. The van der Waals surface area contributed by atoms with Crippen LogP contribution in [0.3, 0.4) is 0 Å². The molecule has 0 saturated carbocycles. The molecule has 5 heteroatoms. The van der Waals surface area contributed by atoms with Crippen LogP contribution in [0.5, 0.6) is 0 Å². The molecule has 0 bridgehead atoms. The Morgan fingerprint density at radius 2 is 2.00 bits per heavy atom. The molecule has 1 heterocycles. The molecular weight excluding hydrogens is 244 g/mol. The molecule has 0 atom stereocenters. The summed E-state index contributed by atoms with van der Waals surface area (Å²) in [5.74, 6) is -0.517. The van der Waals surface area contributed by atoms with E-state index in [9.17, 15) is 9.59 Å². The molecule has 0 radical (unpaired) electrons. The second kappa shape index (κ2) is 6.13. The lowest BCUT2D eigenvalue weighted by molar-refractivity contribution is -0.143. The van der Waals surface area contributed by atoms with E-state index in [1.54, 1.807) is 0 Å². The van der Waals surface area contributed by atoms with Crippen LogP contribution in [0.2, 0.25) is 0 Å². The molecule has 1 aromatic rings. The van der Waals surface area contributed by atoms with Crippen molar-refractivity contribution in [2.24, 2.45) is 5.10 Å². The normalized spacial score (nSPS) is 14.2. The molecule has 0 aromatic heterocycles. The van der Waals surface area contributed by atoms with Crippen LogP contribution in [0.1, 0.15) is 24.8 Å². The Kier molecular flexibility index (Phi) is 4.28. The fourth-order valence-corrected chi connectivity index (χ4v) is 1.91. The van der Waals surface area contributed by atoms with E-state index in [4.69, 9.17) is 0 Å². The Balaban J connectivity index is 1.95. The highest BCUT2D eigenvalue weighted by atomic mass is 16.5. The molecule has 0 unspecified atom stereocenters. The van der Waals surface area contributed by atoms with Crippen molar-refractivity contribution in [2.45, 2.75) is 19.3 Å². The predicted octanol–water partition coefficient (Wildman–Crippen LogP) is 1.58. The molecule has 2 rings (SSSR count). The zero-order chi connectivity index (χ0) is 13.7. The van der Waals surface area contributed by atoms with Crippen LogP contribution in [0, 0.1) is 0 Å². The van der Waals surface area contributed by atoms with Gasteiger partial charge >= 0.3 is 5.97 Å². The van der Waals surface area contributed by atoms with Crippen molar-refractivity contribution in [3.05, 3.63) is 35.9 Å². The van der Waals surface area contributed by atoms with Crippen LogP contribution in [0.25, 0.3) is 0 Å². The number of esters is 1. The van der Waals surface area contributed by atoms with Crippen LogP contribution in [0.15, 0.2) is 35.4 Å². The number of carbonyl (C=O) groups excluding carboxylic acids is 2. The lowest BCUT2D eigenvalue weighted by Gasteiger charge is -2.10. The molecule has 5 nitrogen and oxygen atoms in total. The van der Waals surface area contributed by atoms with E-state index in [-0.39, 0.29) is 24.7 Å². The van der Waals surface area contributed by atoms with Crippen molar-refractivity contribution in [3.63, 3.8) is 0 Å². The number of nitrogens with zero attached hydrogens (tertiary/aromatic N) is 2. The van der Waals surface area contributed by atoms with Gasteiger partial charge in [-0.25, -0.2) is 5.01 Å². The van der Waals surface area contributed by atoms with Crippen molar-refractivity contribution in [1.82, 2.24) is 5.01 Å². The van der Waals surface area contributed by atoms with Gasteiger partial charge in [-0.2, -0.15) is 5.10 Å². The third-order valence-electron chi connectivity index (χ3n) is 2.97. The van der Waals surface area contributed by atoms with E-state index < -0.39 is 0 Å². The smallest absolute Gasteiger partial charge is 0.306 e. The van der Waals surface area contributed by atoms with Gasteiger partial charge in [0.15, 0.2) is 0 Å². The van der Waals surface area contributed by atoms with Gasteiger partial charge in [0.05, 0.1) is 25.8 Å². The van der Waals surface area contributed by atoms with Gasteiger partial charge in [0.1, 0.15) is 0 Å². The van der Waals surface area contributed by atoms with Crippen molar-refractivity contribution in [1.29, 1.82) is 0 Å². The van der Waals surface area contributed by atoms with E-state index in [0.29, 0.717) is 6.54 Å². The summed E-state index contributed by atoms with van der Waals surface area (Å²) in [6, 6.07) is 9.78. The summed E-state index contributed by atoms with van der Waals surface area (Å²) in [6.45, 7) is 0.574. The molecular formula is C14H16N2O3. The number of ether oxygens (including phenoxy) is 1. The number of hydrogen-bond acceptors (Lipinski definition) is 4. The average molecular weight is 260 g/mol. The highest BCUT2D eigenvalue weighted by Crippen LogP contribution is 2.14. The van der Waals surface area contributed by atoms with Crippen molar-refractivity contribution in [3.8, 4) is 0 Å². The van der Waals surface area contributed by atoms with Gasteiger partial charge in [0.25, 0.3) is 0 Å². The Labute approximate surface area is 111 Å². The first-order valence-corrected chi connectivity index (χ1v) is 6.21. The van der Waals surface area contributed by atoms with Crippen LogP contribution < -0.4 is 0 Å². The number of hydrogen-bond donors (Lipinski definition) is 0. The average Bonchev–Trinajstić information content (AvgIpc) is 2.95. The third kappa shape index (κ3) is 3.40. The lowest BCUT2D eigenvalue weighted by Crippen LogP contribution is -2.24. The summed E-state index contributed by atoms with van der Waals surface area (Å²) >= 11 is 0. The number of carbonyl (C=O) groups is 2. The van der Waals surface area contributed by atoms with E-state index >= 15 is 0 Å². The quantitative estimate of drug-likeness (QED) is 0.772. The molecule has 0 spiro atoms. The summed E-state index contributed by atoms with van der Waals surface area (Å²) in [4.78, 5) is 22.8. The first-order chi connectivity index (χ1) is 9.20. The van der Waals surface area contributed by atoms with Gasteiger partial charge in [-0.1, -0.05) is 30.3 Å². The van der Waals surface area contributed by atoms with E-state index in [0.717, 1.165) is 17.7 Å². The number of hydrazone groups is 1. The molecule has 0 fully saturated rings. The predicted molar refractivity (Wildman–Crippen MR) is 70.6 cm³/mol. The van der Waals surface area contributed by atoms with Crippen molar-refractivity contribution in [2.75, 3.05) is 13.7 Å². The lowest BCUT2D eigenvalue weighted by atomic mass is 10.1. The van der Waals surface area contributed by atoms with Crippen LogP contribution in [0.4, 0.5) is 0 Å². The minimum atomic E-state index is -0.375. The molecule has 1 aromatic carbocycles. The Morgan fingerprint density at radius 1 is 1.26 bits per heavy atom. The summed E-state index contributed by atoms with van der Waals surface area (Å²) in [5, 5.41) is 5.75. The topological polar surface area (TPSA) is 59.0 Å². The zero-order valence-corrected chi connectivity index (χ0v) is 10.8. The summed E-state index contributed by atoms with van der Waals surface area (Å²) in [7, 11) is 1.31. The van der Waals surface area contributed by atoms with E-state index in [1.807, 2.05) is 30.3 Å². The molecule has 1 aliphatic heterocycles. The second-order valence-electron chi connectivity index (χ2n) is 4.26. The van der Waals surface area contributed by atoms with Crippen LogP contribution >= 0.6 is 0 Å². The third-order valence-corrected chi connectivity index (χ3v) is 2.97. The fourth-order valence-electron chi connectivity index (χ4n) is 1.91. The van der Waals surface area contributed by atoms with Gasteiger partial charge in [-0.15, -0.1) is 0 Å². The Hall–Kier alpha value is -2.17. The van der Waals surface area contributed by atoms with E-state index in [1.165, 1.54) is 12.1 Å². The summed E-state index contributed by atoms with van der Waals surface area (Å²) in [6.07, 6.45) is 0.980.